The SMILES string of the molecule is Cc1ccc(C(F)(F)CNC(=O)c2c(S(=O)(=O)c3cccc(C4CC4)c3F)cnc3ccccc23)c(C)c1. The van der Waals surface area contributed by atoms with Gasteiger partial charge in [0, 0.05) is 17.1 Å². The number of sulfone groups is 1. The largest absolute Gasteiger partial charge is 0.346 e. The quantitative estimate of drug-likeness (QED) is 0.303. The van der Waals surface area contributed by atoms with E-state index in [2.05, 4.69) is 10.3 Å². The van der Waals surface area contributed by atoms with Gasteiger partial charge in [-0.1, -0.05) is 54.1 Å². The molecule has 0 atom stereocenters. The minimum atomic E-state index is -4.57. The number of nitrogens with one attached hydrogen (secondary N) is 1. The summed E-state index contributed by atoms with van der Waals surface area (Å²) in [5.41, 5.74) is 1.19. The summed E-state index contributed by atoms with van der Waals surface area (Å²) in [5, 5.41) is 2.37. The number of aryl methyl sites for hydroxylation is 2. The molecule has 1 aromatic heterocycles. The molecule has 4 aromatic rings. The number of aromatic nitrogens is 1. The summed E-state index contributed by atoms with van der Waals surface area (Å²) in [7, 11) is -4.57. The second-order valence-electron chi connectivity index (χ2n) is 9.66. The lowest BCUT2D eigenvalue weighted by molar-refractivity contribution is -0.00308. The third-order valence-corrected chi connectivity index (χ3v) is 8.59. The van der Waals surface area contributed by atoms with Gasteiger partial charge in [-0.15, -0.1) is 0 Å². The molecule has 1 amide bonds. The average molecular weight is 539 g/mol. The van der Waals surface area contributed by atoms with Crippen LogP contribution in [-0.2, 0) is 15.8 Å². The number of hydrogen-bond donors (Lipinski definition) is 1. The number of carbonyl (C=O) groups excluding carboxylic acids is 1. The lowest BCUT2D eigenvalue weighted by Crippen LogP contribution is -2.36. The zero-order chi connectivity index (χ0) is 27.2. The first-order valence-electron chi connectivity index (χ1n) is 12.2. The number of pyridine rings is 1. The summed E-state index contributed by atoms with van der Waals surface area (Å²) in [6, 6.07) is 14.9. The molecule has 1 fully saturated rings. The molecular formula is C29H25F3N2O3S. The molecule has 0 aliphatic heterocycles. The van der Waals surface area contributed by atoms with Gasteiger partial charge < -0.3 is 5.32 Å². The molecule has 0 spiro atoms. The van der Waals surface area contributed by atoms with Crippen LogP contribution in [0.25, 0.3) is 10.9 Å². The Labute approximate surface area is 218 Å². The molecule has 1 N–H and O–H groups in total. The van der Waals surface area contributed by atoms with Crippen LogP contribution in [0.4, 0.5) is 13.2 Å². The van der Waals surface area contributed by atoms with Crippen LogP contribution in [0.1, 0.15) is 51.4 Å². The smallest absolute Gasteiger partial charge is 0.290 e. The van der Waals surface area contributed by atoms with Crippen molar-refractivity contribution >= 4 is 26.6 Å². The maximum absolute atomic E-state index is 15.4. The van der Waals surface area contributed by atoms with E-state index in [1.165, 1.54) is 18.2 Å². The zero-order valence-corrected chi connectivity index (χ0v) is 21.6. The first kappa shape index (κ1) is 25.9. The molecule has 5 rings (SSSR count). The second-order valence-corrected chi connectivity index (χ2v) is 11.5. The highest BCUT2D eigenvalue weighted by Crippen LogP contribution is 2.43. The van der Waals surface area contributed by atoms with Crippen molar-refractivity contribution in [3.05, 3.63) is 100 Å². The van der Waals surface area contributed by atoms with Gasteiger partial charge in [0.1, 0.15) is 15.6 Å². The number of nitrogens with zero attached hydrogens (tertiary/aromatic N) is 1. The standard InChI is InChI=1S/C29H25F3N2O3S/c1-17-10-13-22(18(2)14-17)29(31,32)16-34-28(35)26-21-6-3-4-8-23(21)33-15-25(26)38(36,37)24-9-5-7-20(27(24)30)19-11-12-19/h3-10,13-15,19H,11-12,16H2,1-2H3,(H,34,35). The molecule has 1 aliphatic rings. The lowest BCUT2D eigenvalue weighted by atomic mass is 10.00. The number of amides is 1. The van der Waals surface area contributed by atoms with Gasteiger partial charge in [0.2, 0.25) is 9.84 Å². The van der Waals surface area contributed by atoms with E-state index in [0.717, 1.165) is 30.7 Å². The fourth-order valence-corrected chi connectivity index (χ4v) is 6.23. The average Bonchev–Trinajstić information content (AvgIpc) is 3.72. The van der Waals surface area contributed by atoms with Crippen molar-refractivity contribution in [1.29, 1.82) is 0 Å². The fourth-order valence-electron chi connectivity index (χ4n) is 4.72. The van der Waals surface area contributed by atoms with Crippen LogP contribution < -0.4 is 5.32 Å². The Morgan fingerprint density at radius 2 is 1.76 bits per heavy atom. The molecular weight excluding hydrogens is 513 g/mol. The van der Waals surface area contributed by atoms with Crippen LogP contribution in [0, 0.1) is 19.7 Å². The number of fused-ring (bicyclic) bond motifs is 1. The van der Waals surface area contributed by atoms with Crippen molar-refractivity contribution < 1.29 is 26.4 Å². The molecule has 1 saturated carbocycles. The van der Waals surface area contributed by atoms with Crippen molar-refractivity contribution in [3.8, 4) is 0 Å². The van der Waals surface area contributed by atoms with Crippen LogP contribution in [0.3, 0.4) is 0 Å². The van der Waals surface area contributed by atoms with Gasteiger partial charge in [0.05, 0.1) is 17.6 Å². The lowest BCUT2D eigenvalue weighted by Gasteiger charge is -2.21. The molecule has 196 valence electrons. The second kappa shape index (κ2) is 9.54. The molecule has 1 heterocycles. The Bertz CT molecular complexity index is 1680. The van der Waals surface area contributed by atoms with Crippen molar-refractivity contribution in [3.63, 3.8) is 0 Å². The highest BCUT2D eigenvalue weighted by molar-refractivity contribution is 7.91. The molecule has 0 bridgehead atoms. The van der Waals surface area contributed by atoms with Gasteiger partial charge in [-0.3, -0.25) is 9.78 Å². The maximum atomic E-state index is 15.4. The topological polar surface area (TPSA) is 76.1 Å². The minimum Gasteiger partial charge on any atom is -0.346 e. The van der Waals surface area contributed by atoms with E-state index in [-0.39, 0.29) is 22.4 Å². The Kier molecular flexibility index (Phi) is 6.51. The van der Waals surface area contributed by atoms with Gasteiger partial charge in [0.15, 0.2) is 0 Å². The summed E-state index contributed by atoms with van der Waals surface area (Å²) in [6.07, 6.45) is 2.51. The normalized spacial score (nSPS) is 14.0. The van der Waals surface area contributed by atoms with E-state index in [0.29, 0.717) is 16.6 Å². The van der Waals surface area contributed by atoms with Gasteiger partial charge in [0.25, 0.3) is 11.8 Å². The highest BCUT2D eigenvalue weighted by atomic mass is 32.2. The number of carbonyl (C=O) groups is 1. The van der Waals surface area contributed by atoms with E-state index in [1.54, 1.807) is 50.2 Å². The Morgan fingerprint density at radius 1 is 1.03 bits per heavy atom. The van der Waals surface area contributed by atoms with Crippen LogP contribution >= 0.6 is 0 Å². The van der Waals surface area contributed by atoms with Crippen LogP contribution in [0.15, 0.2) is 76.7 Å². The number of hydrogen-bond acceptors (Lipinski definition) is 4. The molecule has 38 heavy (non-hydrogen) atoms. The van der Waals surface area contributed by atoms with Crippen LogP contribution in [-0.4, -0.2) is 25.9 Å². The van der Waals surface area contributed by atoms with Crippen molar-refractivity contribution in [1.82, 2.24) is 10.3 Å². The zero-order valence-electron chi connectivity index (χ0n) is 20.8. The molecule has 0 unspecified atom stereocenters. The summed E-state index contributed by atoms with van der Waals surface area (Å²) >= 11 is 0. The molecule has 1 aliphatic carbocycles. The van der Waals surface area contributed by atoms with Gasteiger partial charge >= 0.3 is 0 Å². The fraction of sp³-hybridized carbons (Fsp3) is 0.241. The van der Waals surface area contributed by atoms with Crippen LogP contribution in [0.5, 0.6) is 0 Å². The maximum Gasteiger partial charge on any atom is 0.290 e. The molecule has 3 aromatic carbocycles. The van der Waals surface area contributed by atoms with E-state index in [4.69, 9.17) is 0 Å². The summed E-state index contributed by atoms with van der Waals surface area (Å²) < 4.78 is 73.0. The Hall–Kier alpha value is -3.72. The third kappa shape index (κ3) is 4.67. The summed E-state index contributed by atoms with van der Waals surface area (Å²) in [5.74, 6) is -5.35. The first-order valence-corrected chi connectivity index (χ1v) is 13.6. The van der Waals surface area contributed by atoms with Gasteiger partial charge in [-0.25, -0.2) is 12.8 Å². The first-order chi connectivity index (χ1) is 18.0. The predicted molar refractivity (Wildman–Crippen MR) is 138 cm³/mol. The monoisotopic (exact) mass is 538 g/mol. The number of benzene rings is 3. The van der Waals surface area contributed by atoms with Crippen molar-refractivity contribution in [2.24, 2.45) is 0 Å². The van der Waals surface area contributed by atoms with E-state index >= 15 is 13.2 Å². The number of alkyl halides is 2. The highest BCUT2D eigenvalue weighted by Gasteiger charge is 2.36. The molecule has 5 nitrogen and oxygen atoms in total. The Morgan fingerprint density at radius 3 is 2.47 bits per heavy atom. The van der Waals surface area contributed by atoms with Crippen LogP contribution in [0.2, 0.25) is 0 Å². The van der Waals surface area contributed by atoms with E-state index in [1.807, 2.05) is 0 Å². The Balaban J connectivity index is 1.57. The summed E-state index contributed by atoms with van der Waals surface area (Å²) in [6.45, 7) is 2.29. The molecule has 0 radical (unpaired) electrons. The minimum absolute atomic E-state index is 0.0462. The van der Waals surface area contributed by atoms with Gasteiger partial charge in [-0.2, -0.15) is 8.78 Å². The number of halogens is 3. The number of para-hydroxylation sites is 1. The third-order valence-electron chi connectivity index (χ3n) is 6.80. The molecule has 9 heteroatoms. The van der Waals surface area contributed by atoms with Gasteiger partial charge in [-0.05, 0) is 55.9 Å². The predicted octanol–water partition coefficient (Wildman–Crippen LogP) is 6.22. The van der Waals surface area contributed by atoms with E-state index < -0.39 is 43.8 Å². The molecule has 0 saturated heterocycles. The number of rotatable bonds is 7. The van der Waals surface area contributed by atoms with E-state index in [9.17, 15) is 13.2 Å². The van der Waals surface area contributed by atoms with Crippen molar-refractivity contribution in [2.75, 3.05) is 6.54 Å². The summed E-state index contributed by atoms with van der Waals surface area (Å²) in [4.78, 5) is 16.5. The van der Waals surface area contributed by atoms with Crippen molar-refractivity contribution in [2.45, 2.75) is 48.3 Å².